The number of methoxy groups -OCH3 is 4. The molecular weight excluding hydrogens is 384 g/mol. The van der Waals surface area contributed by atoms with E-state index in [-0.39, 0.29) is 23.8 Å². The zero-order valence-corrected chi connectivity index (χ0v) is 18.4. The van der Waals surface area contributed by atoms with E-state index in [1.165, 1.54) is 12.8 Å². The first-order valence-electron chi connectivity index (χ1n) is 12.2. The van der Waals surface area contributed by atoms with E-state index in [0.717, 1.165) is 12.8 Å². The molecule has 8 fully saturated rings. The van der Waals surface area contributed by atoms with Gasteiger partial charge >= 0.3 is 0 Å². The topological polar surface area (TPSA) is 55.4 Å². The van der Waals surface area contributed by atoms with Crippen molar-refractivity contribution in [1.82, 2.24) is 0 Å². The molecule has 8 rings (SSSR count). The molecule has 0 amide bonds. The monoisotopic (exact) mass is 418 g/mol. The van der Waals surface area contributed by atoms with Crippen LogP contribution in [0.1, 0.15) is 25.7 Å². The van der Waals surface area contributed by atoms with E-state index in [9.17, 15) is 0 Å². The first-order chi connectivity index (χ1) is 14.7. The predicted octanol–water partition coefficient (Wildman–Crippen LogP) is 2.30. The van der Waals surface area contributed by atoms with Crippen LogP contribution >= 0.6 is 0 Å². The molecule has 166 valence electrons. The summed E-state index contributed by atoms with van der Waals surface area (Å²) in [6, 6.07) is 0. The Labute approximate surface area is 178 Å². The van der Waals surface area contributed by atoms with Crippen molar-refractivity contribution in [2.75, 3.05) is 28.4 Å². The van der Waals surface area contributed by atoms with Gasteiger partial charge in [-0.3, -0.25) is 0 Å². The van der Waals surface area contributed by atoms with Crippen LogP contribution in [0.15, 0.2) is 0 Å². The van der Waals surface area contributed by atoms with Crippen LogP contribution < -0.4 is 0 Å². The molecule has 30 heavy (non-hydrogen) atoms. The van der Waals surface area contributed by atoms with Crippen LogP contribution in [0.5, 0.6) is 0 Å². The van der Waals surface area contributed by atoms with Gasteiger partial charge in [0, 0.05) is 40.3 Å². The van der Waals surface area contributed by atoms with Crippen LogP contribution in [0.4, 0.5) is 0 Å². The van der Waals surface area contributed by atoms with Crippen LogP contribution in [0.2, 0.25) is 0 Å². The lowest BCUT2D eigenvalue weighted by Crippen LogP contribution is -2.56. The van der Waals surface area contributed by atoms with E-state index >= 15 is 0 Å². The van der Waals surface area contributed by atoms with Crippen LogP contribution in [0, 0.1) is 59.2 Å². The maximum Gasteiger partial charge on any atom is 0.186 e. The molecular formula is C24H34O6. The van der Waals surface area contributed by atoms with Crippen LogP contribution in [-0.2, 0) is 28.4 Å². The highest BCUT2D eigenvalue weighted by Gasteiger charge is 2.92. The normalized spacial score (nSPS) is 64.6. The molecule has 0 aromatic carbocycles. The Kier molecular flexibility index (Phi) is 3.31. The van der Waals surface area contributed by atoms with Gasteiger partial charge in [-0.05, 0) is 73.0 Å². The van der Waals surface area contributed by atoms with Gasteiger partial charge < -0.3 is 28.4 Å². The lowest BCUT2D eigenvalue weighted by Gasteiger charge is -2.44. The van der Waals surface area contributed by atoms with E-state index in [4.69, 9.17) is 28.4 Å². The number of hydrogen-bond acceptors (Lipinski definition) is 6. The average molecular weight is 419 g/mol. The highest BCUT2D eigenvalue weighted by atomic mass is 16.7. The molecule has 8 aliphatic rings. The molecule has 2 heterocycles. The average Bonchev–Trinajstić information content (AvgIpc) is 3.52. The lowest BCUT2D eigenvalue weighted by atomic mass is 9.71. The SMILES string of the molecule is COC(OC)[C@@]12O[C@@H]3CC[C@@H]4[C@H]3[C@@H]1[C@@H]1[C@@H]3[C@@H]5[C@@H]6[C@H](CC[C@@H]6O[C@]5(C(OC)OC)[C@@H]41)[C@@H]32. The van der Waals surface area contributed by atoms with Gasteiger partial charge in [0.15, 0.2) is 12.6 Å². The fourth-order valence-corrected chi connectivity index (χ4v) is 12.1. The van der Waals surface area contributed by atoms with Crippen molar-refractivity contribution in [2.45, 2.75) is 61.7 Å². The highest BCUT2D eigenvalue weighted by molar-refractivity contribution is 5.37. The van der Waals surface area contributed by atoms with Gasteiger partial charge in [0.05, 0.1) is 12.2 Å². The molecule has 6 aliphatic carbocycles. The van der Waals surface area contributed by atoms with Crippen molar-refractivity contribution in [3.05, 3.63) is 0 Å². The molecule has 6 saturated carbocycles. The molecule has 0 aromatic heterocycles. The van der Waals surface area contributed by atoms with Crippen LogP contribution in [0.3, 0.4) is 0 Å². The van der Waals surface area contributed by atoms with Gasteiger partial charge in [0.2, 0.25) is 0 Å². The highest BCUT2D eigenvalue weighted by Crippen LogP contribution is 2.87. The van der Waals surface area contributed by atoms with Crippen molar-refractivity contribution in [3.8, 4) is 0 Å². The summed E-state index contributed by atoms with van der Waals surface area (Å²) in [5, 5.41) is 0. The molecule has 0 bridgehead atoms. The third kappa shape index (κ3) is 1.48. The van der Waals surface area contributed by atoms with Gasteiger partial charge in [-0.2, -0.15) is 0 Å². The zero-order valence-electron chi connectivity index (χ0n) is 18.4. The maximum absolute atomic E-state index is 7.18. The number of ether oxygens (including phenoxy) is 6. The summed E-state index contributed by atoms with van der Waals surface area (Å²) in [5.74, 6) is 5.90. The first kappa shape index (κ1) is 18.2. The van der Waals surface area contributed by atoms with E-state index < -0.39 is 0 Å². The minimum absolute atomic E-state index is 0.267. The van der Waals surface area contributed by atoms with Crippen LogP contribution in [-0.4, -0.2) is 64.4 Å². The minimum atomic E-state index is -0.271. The molecule has 2 saturated heterocycles. The zero-order chi connectivity index (χ0) is 20.2. The lowest BCUT2D eigenvalue weighted by molar-refractivity contribution is -0.270. The summed E-state index contributed by atoms with van der Waals surface area (Å²) in [5.41, 5.74) is -0.541. The second kappa shape index (κ2) is 5.45. The summed E-state index contributed by atoms with van der Waals surface area (Å²) >= 11 is 0. The number of fused-ring (bicyclic) bond motifs is 4. The van der Waals surface area contributed by atoms with Gasteiger partial charge in [0.1, 0.15) is 11.2 Å². The smallest absolute Gasteiger partial charge is 0.186 e. The Morgan fingerprint density at radius 2 is 0.967 bits per heavy atom. The number of hydrogen-bond donors (Lipinski definition) is 0. The van der Waals surface area contributed by atoms with E-state index in [1.54, 1.807) is 0 Å². The Balaban J connectivity index is 1.39. The van der Waals surface area contributed by atoms with E-state index in [1.807, 2.05) is 28.4 Å². The summed E-state index contributed by atoms with van der Waals surface area (Å²) < 4.78 is 38.6. The van der Waals surface area contributed by atoms with E-state index in [0.29, 0.717) is 71.4 Å². The van der Waals surface area contributed by atoms with Crippen molar-refractivity contribution in [2.24, 2.45) is 59.2 Å². The third-order valence-electron chi connectivity index (χ3n) is 11.7. The maximum atomic E-state index is 7.18. The first-order valence-corrected chi connectivity index (χ1v) is 12.2. The standard InChI is InChI=1S/C24H34O6/c1-25-21(26-2)23-17-9-5-8-12-14(9)20-15(17)16-18(24(20,30-12)22(27-3)28-4)10-6-7-11(29-23)13(10)19(16)23/h9-22H,5-8H2,1-4H3/t9-,10+,11+,12-,13-,14-,15-,16+,17+,18+,19+,20-,23-,24+/m1/s1. The summed E-state index contributed by atoms with van der Waals surface area (Å²) in [7, 11) is 7.24. The van der Waals surface area contributed by atoms with Gasteiger partial charge in [-0.15, -0.1) is 0 Å². The summed E-state index contributed by atoms with van der Waals surface area (Å²) in [6.07, 6.45) is 5.01. The number of rotatable bonds is 6. The molecule has 6 nitrogen and oxygen atoms in total. The molecule has 0 unspecified atom stereocenters. The quantitative estimate of drug-likeness (QED) is 0.617. The summed E-state index contributed by atoms with van der Waals surface area (Å²) in [4.78, 5) is 0. The molecule has 0 N–H and O–H groups in total. The molecule has 6 heteroatoms. The second-order valence-corrected chi connectivity index (χ2v) is 11.5. The van der Waals surface area contributed by atoms with Gasteiger partial charge in [0.25, 0.3) is 0 Å². The van der Waals surface area contributed by atoms with Gasteiger partial charge in [-0.25, -0.2) is 0 Å². The van der Waals surface area contributed by atoms with E-state index in [2.05, 4.69) is 0 Å². The Hall–Kier alpha value is -0.240. The molecule has 14 atom stereocenters. The largest absolute Gasteiger partial charge is 0.366 e. The minimum Gasteiger partial charge on any atom is -0.366 e. The third-order valence-corrected chi connectivity index (χ3v) is 11.7. The Morgan fingerprint density at radius 3 is 1.33 bits per heavy atom. The fourth-order valence-electron chi connectivity index (χ4n) is 12.1. The second-order valence-electron chi connectivity index (χ2n) is 11.5. The molecule has 0 aromatic rings. The summed E-state index contributed by atoms with van der Waals surface area (Å²) in [6.45, 7) is 0. The Bertz CT molecular complexity index is 718. The fraction of sp³-hybridized carbons (Fsp3) is 1.00. The molecule has 0 radical (unpaired) electrons. The van der Waals surface area contributed by atoms with Crippen LogP contribution in [0.25, 0.3) is 0 Å². The van der Waals surface area contributed by atoms with Crippen molar-refractivity contribution < 1.29 is 28.4 Å². The molecule has 0 spiro atoms. The van der Waals surface area contributed by atoms with Gasteiger partial charge in [-0.1, -0.05) is 0 Å². The van der Waals surface area contributed by atoms with Crippen molar-refractivity contribution in [3.63, 3.8) is 0 Å². The van der Waals surface area contributed by atoms with Crippen molar-refractivity contribution >= 4 is 0 Å². The van der Waals surface area contributed by atoms with Crippen molar-refractivity contribution in [1.29, 1.82) is 0 Å². The molecule has 2 aliphatic heterocycles. The predicted molar refractivity (Wildman–Crippen MR) is 104 cm³/mol. The Morgan fingerprint density at radius 1 is 0.567 bits per heavy atom.